The Morgan fingerprint density at radius 3 is 2.26 bits per heavy atom. The average molecular weight is 596 g/mol. The molecule has 0 unspecified atom stereocenters. The first-order chi connectivity index (χ1) is 18.0. The van der Waals surface area contributed by atoms with Gasteiger partial charge in [-0.1, -0.05) is 20.8 Å². The second kappa shape index (κ2) is 11.1. The van der Waals surface area contributed by atoms with Gasteiger partial charge in [0.2, 0.25) is 5.91 Å². The van der Waals surface area contributed by atoms with Crippen LogP contribution in [-0.4, -0.2) is 72.7 Å². The van der Waals surface area contributed by atoms with Crippen LogP contribution in [0.5, 0.6) is 0 Å². The van der Waals surface area contributed by atoms with Gasteiger partial charge in [-0.2, -0.15) is 16.8 Å². The monoisotopic (exact) mass is 595 g/mol. The Morgan fingerprint density at radius 1 is 0.974 bits per heavy atom. The summed E-state index contributed by atoms with van der Waals surface area (Å²) in [7, 11) is -8.95. The van der Waals surface area contributed by atoms with Gasteiger partial charge in [0.25, 0.3) is 10.1 Å². The van der Waals surface area contributed by atoms with Gasteiger partial charge in [0.05, 0.1) is 18.0 Å². The molecule has 11 atom stereocenters. The highest BCUT2D eigenvalue weighted by atomic mass is 32.3. The summed E-state index contributed by atoms with van der Waals surface area (Å²) in [5.41, 5.74) is -0.437. The van der Waals surface area contributed by atoms with E-state index in [1.54, 1.807) is 0 Å². The highest BCUT2D eigenvalue weighted by Crippen LogP contribution is 2.68. The van der Waals surface area contributed by atoms with E-state index in [9.17, 15) is 36.4 Å². The van der Waals surface area contributed by atoms with Crippen molar-refractivity contribution >= 4 is 26.4 Å². The Labute approximate surface area is 232 Å². The number of carbonyl (C=O) groups excluding carboxylic acids is 1. The molecule has 0 radical (unpaired) electrons. The molecule has 5 N–H and O–H groups in total. The van der Waals surface area contributed by atoms with E-state index >= 15 is 0 Å². The van der Waals surface area contributed by atoms with Gasteiger partial charge >= 0.3 is 10.4 Å². The van der Waals surface area contributed by atoms with Gasteiger partial charge in [0.1, 0.15) is 6.10 Å². The van der Waals surface area contributed by atoms with Crippen LogP contribution in [0.3, 0.4) is 0 Å². The molecule has 4 saturated carbocycles. The molecular weight excluding hydrogens is 550 g/mol. The summed E-state index contributed by atoms with van der Waals surface area (Å²) in [6.07, 6.45) is 3.29. The second-order valence-electron chi connectivity index (χ2n) is 13.2. The number of fused-ring (bicyclic) bond motifs is 5. The van der Waals surface area contributed by atoms with Crippen LogP contribution in [0, 0.1) is 46.3 Å². The lowest BCUT2D eigenvalue weighted by atomic mass is 9.43. The Balaban J connectivity index is 1.52. The second-order valence-corrected chi connectivity index (χ2v) is 15.8. The molecule has 13 heteroatoms. The van der Waals surface area contributed by atoms with E-state index in [1.807, 2.05) is 0 Å². The van der Waals surface area contributed by atoms with Crippen LogP contribution in [-0.2, 0) is 29.5 Å². The zero-order valence-electron chi connectivity index (χ0n) is 23.0. The van der Waals surface area contributed by atoms with E-state index in [1.165, 1.54) is 0 Å². The molecule has 4 fully saturated rings. The predicted molar refractivity (Wildman–Crippen MR) is 142 cm³/mol. The molecule has 0 aromatic rings. The minimum absolute atomic E-state index is 0.0679. The molecule has 0 aliphatic heterocycles. The molecule has 0 heterocycles. The quantitative estimate of drug-likeness (QED) is 0.247. The zero-order chi connectivity index (χ0) is 29.0. The Bertz CT molecular complexity index is 1130. The molecule has 4 rings (SSSR count). The standard InChI is InChI=1S/C26H45NO10S2/c1-15(4-7-21(29)27-12-13-38(31,32)33)17-5-6-18-22-19(9-11-25(17,18)2)26(3)10-8-16(28)14-20(26)23(30)24(22)37-39(34,35)36/h15-20,22-24,28,30H,4-14H2,1-3H3,(H,27,29)(H,31,32,33)(H,34,35,36)/t15-,16-,17-,18+,19+,20+,22+,23+,24+,25-,26-/m1/s1. The van der Waals surface area contributed by atoms with E-state index in [0.29, 0.717) is 19.3 Å². The van der Waals surface area contributed by atoms with Crippen LogP contribution in [0.2, 0.25) is 0 Å². The van der Waals surface area contributed by atoms with Crippen LogP contribution < -0.4 is 5.32 Å². The van der Waals surface area contributed by atoms with Gasteiger partial charge in [-0.05, 0) is 97.7 Å². The molecule has 0 aromatic carbocycles. The summed E-state index contributed by atoms with van der Waals surface area (Å²) < 4.78 is 69.4. The third-order valence-electron chi connectivity index (χ3n) is 11.2. The topological polar surface area (TPSA) is 188 Å². The van der Waals surface area contributed by atoms with E-state index in [4.69, 9.17) is 8.74 Å². The summed E-state index contributed by atoms with van der Waals surface area (Å²) in [6.45, 7) is 6.35. The number of aliphatic hydroxyl groups excluding tert-OH is 2. The van der Waals surface area contributed by atoms with E-state index < -0.39 is 44.6 Å². The first-order valence-electron chi connectivity index (χ1n) is 14.2. The van der Waals surface area contributed by atoms with Crippen molar-refractivity contribution in [1.82, 2.24) is 5.32 Å². The zero-order valence-corrected chi connectivity index (χ0v) is 24.7. The van der Waals surface area contributed by atoms with Crippen LogP contribution >= 0.6 is 0 Å². The van der Waals surface area contributed by atoms with E-state index in [-0.39, 0.29) is 65.2 Å². The number of aliphatic hydroxyl groups is 2. The maximum atomic E-state index is 12.3. The van der Waals surface area contributed by atoms with E-state index in [0.717, 1.165) is 32.1 Å². The Hall–Kier alpha value is -0.830. The van der Waals surface area contributed by atoms with Gasteiger partial charge in [-0.3, -0.25) is 13.9 Å². The molecule has 0 saturated heterocycles. The average Bonchev–Trinajstić information content (AvgIpc) is 3.17. The van der Waals surface area contributed by atoms with Crippen molar-refractivity contribution in [2.24, 2.45) is 46.3 Å². The molecule has 4 aliphatic carbocycles. The minimum Gasteiger partial charge on any atom is -0.393 e. The van der Waals surface area contributed by atoms with Crippen LogP contribution in [0.1, 0.15) is 78.6 Å². The molecule has 226 valence electrons. The molecule has 11 nitrogen and oxygen atoms in total. The third-order valence-corrected chi connectivity index (χ3v) is 12.4. The van der Waals surface area contributed by atoms with Crippen molar-refractivity contribution in [2.45, 2.75) is 96.9 Å². The highest BCUT2D eigenvalue weighted by Gasteiger charge is 2.66. The highest BCUT2D eigenvalue weighted by molar-refractivity contribution is 7.85. The third kappa shape index (κ3) is 6.34. The van der Waals surface area contributed by atoms with Gasteiger partial charge in [0, 0.05) is 13.0 Å². The summed E-state index contributed by atoms with van der Waals surface area (Å²) in [6, 6.07) is 0. The Morgan fingerprint density at radius 2 is 1.62 bits per heavy atom. The van der Waals surface area contributed by atoms with Crippen molar-refractivity contribution in [1.29, 1.82) is 0 Å². The number of hydrogen-bond acceptors (Lipinski definition) is 8. The largest absolute Gasteiger partial charge is 0.397 e. The maximum absolute atomic E-state index is 12.3. The summed E-state index contributed by atoms with van der Waals surface area (Å²) in [5.74, 6) is -0.806. The molecule has 39 heavy (non-hydrogen) atoms. The fourth-order valence-corrected chi connectivity index (χ4v) is 10.3. The fourth-order valence-electron chi connectivity index (χ4n) is 9.42. The van der Waals surface area contributed by atoms with Gasteiger partial charge < -0.3 is 15.5 Å². The molecular formula is C26H45NO10S2. The van der Waals surface area contributed by atoms with Gasteiger partial charge in [0.15, 0.2) is 0 Å². The van der Waals surface area contributed by atoms with Crippen LogP contribution in [0.15, 0.2) is 0 Å². The van der Waals surface area contributed by atoms with Crippen molar-refractivity contribution in [3.8, 4) is 0 Å². The van der Waals surface area contributed by atoms with Crippen LogP contribution in [0.4, 0.5) is 0 Å². The first-order valence-corrected chi connectivity index (χ1v) is 17.2. The molecule has 4 aliphatic rings. The van der Waals surface area contributed by atoms with Gasteiger partial charge in [-0.15, -0.1) is 0 Å². The number of carbonyl (C=O) groups is 1. The fraction of sp³-hybridized carbons (Fsp3) is 0.962. The van der Waals surface area contributed by atoms with E-state index in [2.05, 4.69) is 26.1 Å². The van der Waals surface area contributed by atoms with Crippen molar-refractivity contribution < 1.29 is 45.1 Å². The maximum Gasteiger partial charge on any atom is 0.397 e. The summed E-state index contributed by atoms with van der Waals surface area (Å²) in [5, 5.41) is 24.4. The number of amides is 1. The number of hydrogen-bond donors (Lipinski definition) is 5. The van der Waals surface area contributed by atoms with Crippen LogP contribution in [0.25, 0.3) is 0 Å². The van der Waals surface area contributed by atoms with Crippen molar-refractivity contribution in [2.75, 3.05) is 12.3 Å². The molecule has 1 amide bonds. The molecule has 0 bridgehead atoms. The van der Waals surface area contributed by atoms with Crippen molar-refractivity contribution in [3.05, 3.63) is 0 Å². The Kier molecular flexibility index (Phi) is 8.86. The lowest BCUT2D eigenvalue weighted by Crippen LogP contribution is -2.65. The SMILES string of the molecule is C[C@H](CCC(=O)NCCS(=O)(=O)O)[C@H]1CC[C@H]2[C@@H]3[C@H](OS(=O)(=O)O)[C@@H](O)[C@@H]4C[C@H](O)CC[C@]4(C)[C@H]3CC[C@]12C. The molecule has 0 spiro atoms. The lowest BCUT2D eigenvalue weighted by Gasteiger charge is -2.64. The summed E-state index contributed by atoms with van der Waals surface area (Å²) in [4.78, 5) is 12.3. The first kappa shape index (κ1) is 31.1. The molecule has 0 aromatic heterocycles. The smallest absolute Gasteiger partial charge is 0.393 e. The normalized spacial score (nSPS) is 43.2. The minimum atomic E-state index is -4.81. The number of nitrogens with one attached hydrogen (secondary N) is 1. The lowest BCUT2D eigenvalue weighted by molar-refractivity contribution is -0.216. The van der Waals surface area contributed by atoms with Crippen molar-refractivity contribution in [3.63, 3.8) is 0 Å². The van der Waals surface area contributed by atoms with Gasteiger partial charge in [-0.25, -0.2) is 4.18 Å². The number of rotatable bonds is 9. The predicted octanol–water partition coefficient (Wildman–Crippen LogP) is 2.20. The summed E-state index contributed by atoms with van der Waals surface area (Å²) >= 11 is 0.